The number of methoxy groups -OCH3 is 1. The number of Topliss-reactive ketones (excluding diaryl/α,β-unsaturated/α-hetero) is 1. The standard InChI is InChI=1S/C21H23NO5/c1-13(2)20(24)22-16-11-9-15(10-12-16)19(23)14(3)27-21(25)17-7-5-6-8-18(17)26-4/h5-14H,1-4H3,(H,22,24). The molecular formula is C21H23NO5. The van der Waals surface area contributed by atoms with Gasteiger partial charge in [-0.2, -0.15) is 0 Å². The summed E-state index contributed by atoms with van der Waals surface area (Å²) in [5.41, 5.74) is 1.24. The van der Waals surface area contributed by atoms with E-state index in [1.807, 2.05) is 0 Å². The molecule has 6 heteroatoms. The van der Waals surface area contributed by atoms with Gasteiger partial charge in [-0.3, -0.25) is 9.59 Å². The number of ketones is 1. The molecule has 0 fully saturated rings. The van der Waals surface area contributed by atoms with E-state index >= 15 is 0 Å². The van der Waals surface area contributed by atoms with Crippen LogP contribution in [0.15, 0.2) is 48.5 Å². The van der Waals surface area contributed by atoms with Crippen molar-refractivity contribution in [2.75, 3.05) is 12.4 Å². The van der Waals surface area contributed by atoms with Crippen molar-refractivity contribution in [2.45, 2.75) is 26.9 Å². The molecule has 1 unspecified atom stereocenters. The van der Waals surface area contributed by atoms with Gasteiger partial charge in [-0.05, 0) is 43.3 Å². The average Bonchev–Trinajstić information content (AvgIpc) is 2.67. The molecule has 0 spiro atoms. The predicted octanol–water partition coefficient (Wildman–Crippen LogP) is 3.72. The zero-order valence-electron chi connectivity index (χ0n) is 15.8. The fraction of sp³-hybridized carbons (Fsp3) is 0.286. The van der Waals surface area contributed by atoms with E-state index in [9.17, 15) is 14.4 Å². The van der Waals surface area contributed by atoms with E-state index in [4.69, 9.17) is 9.47 Å². The van der Waals surface area contributed by atoms with Gasteiger partial charge in [-0.25, -0.2) is 4.79 Å². The highest BCUT2D eigenvalue weighted by Crippen LogP contribution is 2.20. The zero-order valence-corrected chi connectivity index (χ0v) is 15.8. The number of ether oxygens (including phenoxy) is 2. The maximum atomic E-state index is 12.5. The smallest absolute Gasteiger partial charge is 0.342 e. The number of hydrogen-bond acceptors (Lipinski definition) is 5. The summed E-state index contributed by atoms with van der Waals surface area (Å²) in [6.45, 7) is 5.11. The van der Waals surface area contributed by atoms with E-state index in [1.165, 1.54) is 14.0 Å². The van der Waals surface area contributed by atoms with Crippen LogP contribution in [0.2, 0.25) is 0 Å². The molecule has 0 aliphatic carbocycles. The van der Waals surface area contributed by atoms with Crippen LogP contribution in [0, 0.1) is 5.92 Å². The number of nitrogens with one attached hydrogen (secondary N) is 1. The van der Waals surface area contributed by atoms with Crippen LogP contribution >= 0.6 is 0 Å². The monoisotopic (exact) mass is 369 g/mol. The largest absolute Gasteiger partial charge is 0.496 e. The third-order valence-corrected chi connectivity index (χ3v) is 3.94. The van der Waals surface area contributed by atoms with Crippen molar-refractivity contribution in [3.05, 3.63) is 59.7 Å². The van der Waals surface area contributed by atoms with Crippen molar-refractivity contribution in [3.8, 4) is 5.75 Å². The van der Waals surface area contributed by atoms with Crippen molar-refractivity contribution in [1.29, 1.82) is 0 Å². The van der Waals surface area contributed by atoms with Crippen molar-refractivity contribution in [2.24, 2.45) is 5.92 Å². The Labute approximate surface area is 158 Å². The van der Waals surface area contributed by atoms with Gasteiger partial charge in [0.25, 0.3) is 0 Å². The molecule has 0 bridgehead atoms. The quantitative estimate of drug-likeness (QED) is 0.594. The molecule has 0 aromatic heterocycles. The molecule has 0 aliphatic rings. The van der Waals surface area contributed by atoms with E-state index in [0.717, 1.165) is 0 Å². The van der Waals surface area contributed by atoms with Gasteiger partial charge in [0.2, 0.25) is 11.7 Å². The van der Waals surface area contributed by atoms with Crippen molar-refractivity contribution in [1.82, 2.24) is 0 Å². The van der Waals surface area contributed by atoms with Crippen LogP contribution in [0.4, 0.5) is 5.69 Å². The molecule has 0 aliphatic heterocycles. The molecule has 142 valence electrons. The molecule has 1 atom stereocenters. The van der Waals surface area contributed by atoms with Gasteiger partial charge in [-0.1, -0.05) is 26.0 Å². The summed E-state index contributed by atoms with van der Waals surface area (Å²) < 4.78 is 10.4. The maximum absolute atomic E-state index is 12.5. The minimum Gasteiger partial charge on any atom is -0.496 e. The van der Waals surface area contributed by atoms with Crippen LogP contribution in [0.5, 0.6) is 5.75 Å². The Kier molecular flexibility index (Phi) is 6.71. The van der Waals surface area contributed by atoms with Crippen LogP contribution in [-0.4, -0.2) is 30.9 Å². The highest BCUT2D eigenvalue weighted by Gasteiger charge is 2.22. The number of carbonyl (C=O) groups excluding carboxylic acids is 3. The fourth-order valence-electron chi connectivity index (χ4n) is 2.33. The third-order valence-electron chi connectivity index (χ3n) is 3.94. The first-order valence-corrected chi connectivity index (χ1v) is 8.62. The topological polar surface area (TPSA) is 81.7 Å². The molecule has 2 rings (SSSR count). The Morgan fingerprint density at radius 1 is 0.926 bits per heavy atom. The number of amides is 1. The summed E-state index contributed by atoms with van der Waals surface area (Å²) in [5.74, 6) is -0.824. The number of anilines is 1. The predicted molar refractivity (Wildman–Crippen MR) is 102 cm³/mol. The lowest BCUT2D eigenvalue weighted by Crippen LogP contribution is -2.24. The number of hydrogen-bond donors (Lipinski definition) is 1. The Morgan fingerprint density at radius 2 is 1.56 bits per heavy atom. The van der Waals surface area contributed by atoms with Crippen LogP contribution in [0.25, 0.3) is 0 Å². The molecular weight excluding hydrogens is 346 g/mol. The molecule has 0 heterocycles. The van der Waals surface area contributed by atoms with E-state index in [2.05, 4.69) is 5.32 Å². The molecule has 0 saturated heterocycles. The summed E-state index contributed by atoms with van der Waals surface area (Å²) in [6.07, 6.45) is -0.960. The van der Waals surface area contributed by atoms with Gasteiger partial charge >= 0.3 is 5.97 Å². The van der Waals surface area contributed by atoms with Gasteiger partial charge in [0, 0.05) is 17.2 Å². The van der Waals surface area contributed by atoms with Crippen LogP contribution in [0.3, 0.4) is 0 Å². The van der Waals surface area contributed by atoms with Crippen molar-refractivity contribution < 1.29 is 23.9 Å². The Bertz CT molecular complexity index is 827. The van der Waals surface area contributed by atoms with Crippen LogP contribution in [-0.2, 0) is 9.53 Å². The van der Waals surface area contributed by atoms with E-state index < -0.39 is 12.1 Å². The molecule has 6 nitrogen and oxygen atoms in total. The number of rotatable bonds is 7. The SMILES string of the molecule is COc1ccccc1C(=O)OC(C)C(=O)c1ccc(NC(=O)C(C)C)cc1. The minimum absolute atomic E-state index is 0.104. The second kappa shape index (κ2) is 8.98. The molecule has 0 radical (unpaired) electrons. The number of para-hydroxylation sites is 1. The normalized spacial score (nSPS) is 11.6. The van der Waals surface area contributed by atoms with Gasteiger partial charge in [0.1, 0.15) is 11.3 Å². The number of carbonyl (C=O) groups is 3. The van der Waals surface area contributed by atoms with Crippen molar-refractivity contribution in [3.63, 3.8) is 0 Å². The number of esters is 1. The first-order chi connectivity index (χ1) is 12.8. The second-order valence-corrected chi connectivity index (χ2v) is 6.33. The highest BCUT2D eigenvalue weighted by atomic mass is 16.5. The lowest BCUT2D eigenvalue weighted by molar-refractivity contribution is -0.118. The zero-order chi connectivity index (χ0) is 20.0. The summed E-state index contributed by atoms with van der Waals surface area (Å²) in [4.78, 5) is 36.5. The van der Waals surface area contributed by atoms with Gasteiger partial charge in [0.05, 0.1) is 7.11 Å². The van der Waals surface area contributed by atoms with E-state index in [-0.39, 0.29) is 23.2 Å². The van der Waals surface area contributed by atoms with E-state index in [1.54, 1.807) is 62.4 Å². The lowest BCUT2D eigenvalue weighted by atomic mass is 10.1. The summed E-state index contributed by atoms with van der Waals surface area (Å²) >= 11 is 0. The first kappa shape index (κ1) is 20.2. The van der Waals surface area contributed by atoms with Gasteiger partial charge in [0.15, 0.2) is 6.10 Å². The van der Waals surface area contributed by atoms with Crippen LogP contribution < -0.4 is 10.1 Å². The Balaban J connectivity index is 2.04. The molecule has 2 aromatic carbocycles. The highest BCUT2D eigenvalue weighted by molar-refractivity contribution is 6.02. The van der Waals surface area contributed by atoms with Gasteiger partial charge < -0.3 is 14.8 Å². The molecule has 1 N–H and O–H groups in total. The maximum Gasteiger partial charge on any atom is 0.342 e. The summed E-state index contributed by atoms with van der Waals surface area (Å²) in [5, 5.41) is 2.75. The van der Waals surface area contributed by atoms with E-state index in [0.29, 0.717) is 17.0 Å². The average molecular weight is 369 g/mol. The molecule has 27 heavy (non-hydrogen) atoms. The van der Waals surface area contributed by atoms with Crippen LogP contribution in [0.1, 0.15) is 41.5 Å². The second-order valence-electron chi connectivity index (χ2n) is 6.33. The summed E-state index contributed by atoms with van der Waals surface area (Å²) in [6, 6.07) is 13.1. The summed E-state index contributed by atoms with van der Waals surface area (Å²) in [7, 11) is 1.46. The third kappa shape index (κ3) is 5.17. The minimum atomic E-state index is -0.960. The van der Waals surface area contributed by atoms with Crippen molar-refractivity contribution >= 4 is 23.3 Å². The molecule has 0 saturated carbocycles. The fourth-order valence-corrected chi connectivity index (χ4v) is 2.33. The Morgan fingerprint density at radius 3 is 2.15 bits per heavy atom. The molecule has 1 amide bonds. The molecule has 2 aromatic rings. The first-order valence-electron chi connectivity index (χ1n) is 8.62. The Hall–Kier alpha value is -3.15. The van der Waals surface area contributed by atoms with Gasteiger partial charge in [-0.15, -0.1) is 0 Å². The number of benzene rings is 2. The lowest BCUT2D eigenvalue weighted by Gasteiger charge is -2.14.